The van der Waals surface area contributed by atoms with Gasteiger partial charge in [-0.3, -0.25) is 9.59 Å². The van der Waals surface area contributed by atoms with Gasteiger partial charge < -0.3 is 29.3 Å². The minimum atomic E-state index is -0.851. The number of carbonyl (C=O) groups excluding carboxylic acids is 2. The number of nitrogens with zero attached hydrogens (tertiary/aromatic N) is 1. The number of hydrogen-bond donors (Lipinski definition) is 2. The third-order valence-corrected chi connectivity index (χ3v) is 5.85. The number of ether oxygens (including phenoxy) is 3. The average molecular weight is 439 g/mol. The molecule has 2 fully saturated rings. The fourth-order valence-electron chi connectivity index (χ4n) is 4.19. The fraction of sp³-hybridized carbons (Fsp3) is 0.333. The van der Waals surface area contributed by atoms with Crippen LogP contribution < -0.4 is 9.47 Å². The van der Waals surface area contributed by atoms with E-state index in [9.17, 15) is 19.8 Å². The smallest absolute Gasteiger partial charge is 0.295 e. The minimum Gasteiger partial charge on any atom is -0.507 e. The van der Waals surface area contributed by atoms with Gasteiger partial charge >= 0.3 is 0 Å². The largest absolute Gasteiger partial charge is 0.507 e. The van der Waals surface area contributed by atoms with Gasteiger partial charge in [-0.1, -0.05) is 6.07 Å². The van der Waals surface area contributed by atoms with Crippen LogP contribution in [0.3, 0.4) is 0 Å². The molecule has 2 aromatic rings. The molecule has 0 unspecified atom stereocenters. The van der Waals surface area contributed by atoms with E-state index in [0.717, 1.165) is 12.8 Å². The van der Waals surface area contributed by atoms with Crippen molar-refractivity contribution in [2.45, 2.75) is 25.0 Å². The molecule has 8 heteroatoms. The topological polar surface area (TPSA) is 106 Å². The number of phenols is 1. The summed E-state index contributed by atoms with van der Waals surface area (Å²) in [7, 11) is 2.95. The summed E-state index contributed by atoms with van der Waals surface area (Å²) in [4.78, 5) is 27.5. The van der Waals surface area contributed by atoms with Gasteiger partial charge in [0.2, 0.25) is 0 Å². The highest BCUT2D eigenvalue weighted by atomic mass is 16.5. The summed E-state index contributed by atoms with van der Waals surface area (Å²) in [6.45, 7) is 0.829. The molecule has 2 saturated heterocycles. The number of hydrogen-bond acceptors (Lipinski definition) is 7. The molecule has 32 heavy (non-hydrogen) atoms. The molecule has 0 radical (unpaired) electrons. The normalized spacial score (nSPS) is 22.4. The first-order valence-electron chi connectivity index (χ1n) is 10.4. The van der Waals surface area contributed by atoms with Crippen molar-refractivity contribution >= 4 is 17.4 Å². The van der Waals surface area contributed by atoms with E-state index in [4.69, 9.17) is 14.2 Å². The van der Waals surface area contributed by atoms with Gasteiger partial charge in [0.05, 0.1) is 31.9 Å². The fourth-order valence-corrected chi connectivity index (χ4v) is 4.19. The Morgan fingerprint density at radius 3 is 2.50 bits per heavy atom. The quantitative estimate of drug-likeness (QED) is 0.405. The summed E-state index contributed by atoms with van der Waals surface area (Å²) >= 11 is 0. The third kappa shape index (κ3) is 3.89. The number of carbonyl (C=O) groups is 2. The lowest BCUT2D eigenvalue weighted by molar-refractivity contribution is -0.140. The summed E-state index contributed by atoms with van der Waals surface area (Å²) in [5.41, 5.74) is 0.898. The molecular formula is C24H25NO7. The van der Waals surface area contributed by atoms with Crippen LogP contribution in [-0.4, -0.2) is 60.3 Å². The molecule has 2 N–H and O–H groups in total. The van der Waals surface area contributed by atoms with E-state index in [1.807, 2.05) is 0 Å². The highest BCUT2D eigenvalue weighted by Gasteiger charge is 2.47. The number of aromatic hydroxyl groups is 1. The number of phenolic OH excluding ortho intramolecular Hbond substituents is 1. The standard InChI is InChI=1S/C24H25NO7/c1-30-16-8-5-14(6-9-16)22(27)20-21(15-7-10-18(26)19(12-15)31-2)25(24(29)23(20)28)13-17-4-3-11-32-17/h5-10,12,17,21,26-27H,3-4,11,13H2,1-2H3/t17-,21+/m0/s1. The third-order valence-electron chi connectivity index (χ3n) is 5.85. The van der Waals surface area contributed by atoms with Gasteiger partial charge in [0, 0.05) is 18.7 Å². The Bertz CT molecular complexity index is 1050. The van der Waals surface area contributed by atoms with E-state index in [0.29, 0.717) is 23.5 Å². The Morgan fingerprint density at radius 2 is 1.88 bits per heavy atom. The lowest BCUT2D eigenvalue weighted by atomic mass is 9.94. The highest BCUT2D eigenvalue weighted by Crippen LogP contribution is 2.42. The van der Waals surface area contributed by atoms with E-state index in [1.165, 1.54) is 25.2 Å². The Kier molecular flexibility index (Phi) is 6.05. The van der Waals surface area contributed by atoms with Gasteiger partial charge in [0.25, 0.3) is 11.7 Å². The zero-order valence-corrected chi connectivity index (χ0v) is 17.9. The van der Waals surface area contributed by atoms with Crippen LogP contribution in [0.2, 0.25) is 0 Å². The number of aliphatic hydroxyl groups excluding tert-OH is 1. The number of aliphatic hydroxyl groups is 1. The molecule has 8 nitrogen and oxygen atoms in total. The Hall–Kier alpha value is -3.52. The number of Topliss-reactive ketones (excluding diaryl/α,β-unsaturated/α-hetero) is 1. The Labute approximate surface area is 185 Å². The van der Waals surface area contributed by atoms with E-state index < -0.39 is 17.7 Å². The first-order valence-corrected chi connectivity index (χ1v) is 10.4. The second-order valence-corrected chi connectivity index (χ2v) is 7.75. The molecule has 0 aliphatic carbocycles. The molecule has 2 heterocycles. The maximum absolute atomic E-state index is 13.1. The van der Waals surface area contributed by atoms with Crippen LogP contribution in [0.25, 0.3) is 5.76 Å². The number of amides is 1. The van der Waals surface area contributed by atoms with Gasteiger partial charge in [0.15, 0.2) is 11.5 Å². The molecule has 1 amide bonds. The number of rotatable bonds is 6. The minimum absolute atomic E-state index is 0.0223. The van der Waals surface area contributed by atoms with Gasteiger partial charge in [-0.2, -0.15) is 0 Å². The van der Waals surface area contributed by atoms with Crippen LogP contribution in [0, 0.1) is 0 Å². The Morgan fingerprint density at radius 1 is 1.12 bits per heavy atom. The molecule has 0 spiro atoms. The molecular weight excluding hydrogens is 414 g/mol. The van der Waals surface area contributed by atoms with Crippen molar-refractivity contribution in [3.63, 3.8) is 0 Å². The SMILES string of the molecule is COc1ccc(C(O)=C2C(=O)C(=O)N(C[C@@H]3CCCO3)[C@@H]2c2ccc(O)c(OC)c2)cc1. The van der Waals surface area contributed by atoms with Crippen LogP contribution in [0.15, 0.2) is 48.0 Å². The predicted molar refractivity (Wildman–Crippen MR) is 116 cm³/mol. The van der Waals surface area contributed by atoms with Crippen molar-refractivity contribution in [2.24, 2.45) is 0 Å². The number of benzene rings is 2. The van der Waals surface area contributed by atoms with Crippen LogP contribution in [0.5, 0.6) is 17.2 Å². The molecule has 168 valence electrons. The van der Waals surface area contributed by atoms with Crippen molar-refractivity contribution in [1.82, 2.24) is 4.90 Å². The molecule has 0 aromatic heterocycles. The monoisotopic (exact) mass is 439 g/mol. The maximum atomic E-state index is 13.1. The van der Waals surface area contributed by atoms with Crippen molar-refractivity contribution in [2.75, 3.05) is 27.4 Å². The molecule has 2 aliphatic rings. The van der Waals surface area contributed by atoms with Crippen molar-refractivity contribution in [1.29, 1.82) is 0 Å². The average Bonchev–Trinajstić information content (AvgIpc) is 3.41. The molecule has 2 aliphatic heterocycles. The molecule has 2 aromatic carbocycles. The predicted octanol–water partition coefficient (Wildman–Crippen LogP) is 3.01. The highest BCUT2D eigenvalue weighted by molar-refractivity contribution is 6.46. The number of methoxy groups -OCH3 is 2. The van der Waals surface area contributed by atoms with Crippen molar-refractivity contribution < 1.29 is 34.0 Å². The summed E-state index contributed by atoms with van der Waals surface area (Å²) in [5.74, 6) is -1.02. The summed E-state index contributed by atoms with van der Waals surface area (Å²) in [6, 6.07) is 10.3. The number of ketones is 1. The zero-order chi connectivity index (χ0) is 22.8. The Balaban J connectivity index is 1.83. The molecule has 2 atom stereocenters. The zero-order valence-electron chi connectivity index (χ0n) is 17.9. The summed E-state index contributed by atoms with van der Waals surface area (Å²) in [6.07, 6.45) is 1.49. The summed E-state index contributed by atoms with van der Waals surface area (Å²) < 4.78 is 16.1. The summed E-state index contributed by atoms with van der Waals surface area (Å²) in [5, 5.41) is 21.1. The van der Waals surface area contributed by atoms with Gasteiger partial charge in [-0.15, -0.1) is 0 Å². The lowest BCUT2D eigenvalue weighted by Gasteiger charge is -2.27. The molecule has 4 rings (SSSR count). The molecule has 0 saturated carbocycles. The van der Waals surface area contributed by atoms with E-state index in [2.05, 4.69) is 0 Å². The van der Waals surface area contributed by atoms with E-state index in [-0.39, 0.29) is 35.5 Å². The van der Waals surface area contributed by atoms with Crippen LogP contribution in [0.1, 0.15) is 30.0 Å². The molecule has 0 bridgehead atoms. The second-order valence-electron chi connectivity index (χ2n) is 7.75. The van der Waals surface area contributed by atoms with Gasteiger partial charge in [-0.25, -0.2) is 0 Å². The van der Waals surface area contributed by atoms with Crippen LogP contribution >= 0.6 is 0 Å². The van der Waals surface area contributed by atoms with Crippen LogP contribution in [0.4, 0.5) is 0 Å². The van der Waals surface area contributed by atoms with Crippen LogP contribution in [-0.2, 0) is 14.3 Å². The van der Waals surface area contributed by atoms with E-state index in [1.54, 1.807) is 36.4 Å². The van der Waals surface area contributed by atoms with Crippen molar-refractivity contribution in [3.05, 3.63) is 59.2 Å². The number of likely N-dealkylation sites (tertiary alicyclic amines) is 1. The lowest BCUT2D eigenvalue weighted by Crippen LogP contribution is -2.36. The van der Waals surface area contributed by atoms with Gasteiger partial charge in [0.1, 0.15) is 11.5 Å². The maximum Gasteiger partial charge on any atom is 0.295 e. The first kappa shape index (κ1) is 21.7. The first-order chi connectivity index (χ1) is 15.4. The van der Waals surface area contributed by atoms with Crippen molar-refractivity contribution in [3.8, 4) is 17.2 Å². The second kappa shape index (κ2) is 8.92. The van der Waals surface area contributed by atoms with E-state index >= 15 is 0 Å². The van der Waals surface area contributed by atoms with Gasteiger partial charge in [-0.05, 0) is 54.8 Å².